The first kappa shape index (κ1) is 22.9. The van der Waals surface area contributed by atoms with Crippen LogP contribution in [0, 0.1) is 5.92 Å². The van der Waals surface area contributed by atoms with Crippen LogP contribution in [0.3, 0.4) is 0 Å². The number of ether oxygens (including phenoxy) is 1. The molecule has 0 aromatic heterocycles. The summed E-state index contributed by atoms with van der Waals surface area (Å²) in [6.45, 7) is 1.82. The number of fused-ring (bicyclic) bond motifs is 1. The van der Waals surface area contributed by atoms with Gasteiger partial charge in [0.2, 0.25) is 10.0 Å². The number of anilines is 2. The van der Waals surface area contributed by atoms with Crippen LogP contribution in [0.15, 0.2) is 18.2 Å². The maximum atomic E-state index is 12.3. The molecule has 1 saturated heterocycles. The number of piperidine rings is 1. The lowest BCUT2D eigenvalue weighted by atomic mass is 9.97. The molecule has 2 heterocycles. The highest BCUT2D eigenvalue weighted by Crippen LogP contribution is 2.31. The number of aryl methyl sites for hydroxylation is 1. The Labute approximate surface area is 182 Å². The molecule has 2 aliphatic heterocycles. The van der Waals surface area contributed by atoms with Crippen LogP contribution < -0.4 is 14.9 Å². The van der Waals surface area contributed by atoms with Gasteiger partial charge in [-0.15, -0.1) is 0 Å². The summed E-state index contributed by atoms with van der Waals surface area (Å²) in [7, 11) is -2.08. The van der Waals surface area contributed by atoms with Crippen molar-refractivity contribution in [2.45, 2.75) is 25.7 Å². The molecular formula is C20H28N4O6S. The zero-order chi connectivity index (χ0) is 22.6. The maximum absolute atomic E-state index is 12.3. The molecule has 2 N–H and O–H groups in total. The molecule has 2 aliphatic rings. The molecule has 1 aromatic rings. The van der Waals surface area contributed by atoms with E-state index in [1.54, 1.807) is 23.1 Å². The predicted molar refractivity (Wildman–Crippen MR) is 115 cm³/mol. The van der Waals surface area contributed by atoms with E-state index in [4.69, 9.17) is 4.74 Å². The third-order valence-corrected chi connectivity index (χ3v) is 6.80. The number of hydrogen-bond acceptors (Lipinski definition) is 6. The molecule has 3 rings (SSSR count). The number of benzene rings is 1. The summed E-state index contributed by atoms with van der Waals surface area (Å²) in [6.07, 6.45) is 3.70. The Morgan fingerprint density at radius 2 is 1.84 bits per heavy atom. The van der Waals surface area contributed by atoms with Gasteiger partial charge in [0, 0.05) is 31.9 Å². The zero-order valence-corrected chi connectivity index (χ0v) is 18.5. The molecule has 0 atom stereocenters. The minimum atomic E-state index is -3.42. The van der Waals surface area contributed by atoms with E-state index in [1.165, 1.54) is 11.4 Å². The van der Waals surface area contributed by atoms with Crippen molar-refractivity contribution in [1.82, 2.24) is 10.2 Å². The molecule has 1 fully saturated rings. The second-order valence-electron chi connectivity index (χ2n) is 7.85. The Morgan fingerprint density at radius 1 is 1.13 bits per heavy atom. The van der Waals surface area contributed by atoms with E-state index in [1.807, 2.05) is 0 Å². The van der Waals surface area contributed by atoms with Crippen LogP contribution in [0.4, 0.5) is 16.2 Å². The molecule has 0 aliphatic carbocycles. The molecule has 0 spiro atoms. The van der Waals surface area contributed by atoms with Crippen LogP contribution in [-0.4, -0.2) is 70.8 Å². The second-order valence-corrected chi connectivity index (χ2v) is 9.75. The Balaban J connectivity index is 1.54. The van der Waals surface area contributed by atoms with Gasteiger partial charge < -0.3 is 20.3 Å². The highest BCUT2D eigenvalue weighted by Gasteiger charge is 2.26. The topological polar surface area (TPSA) is 125 Å². The van der Waals surface area contributed by atoms with E-state index in [-0.39, 0.29) is 12.0 Å². The van der Waals surface area contributed by atoms with Crippen molar-refractivity contribution >= 4 is 39.3 Å². The maximum Gasteiger partial charge on any atom is 0.409 e. The summed E-state index contributed by atoms with van der Waals surface area (Å²) >= 11 is 0. The molecule has 0 saturated carbocycles. The quantitative estimate of drug-likeness (QED) is 0.655. The average Bonchev–Trinajstić information content (AvgIpc) is 2.76. The first-order valence-electron chi connectivity index (χ1n) is 10.2. The number of likely N-dealkylation sites (tertiary alicyclic amines) is 1. The van der Waals surface area contributed by atoms with E-state index in [9.17, 15) is 22.8 Å². The number of carbonyl (C=O) groups is 3. The van der Waals surface area contributed by atoms with Crippen LogP contribution in [-0.2, 0) is 30.8 Å². The normalized spacial score (nSPS) is 17.0. The minimum Gasteiger partial charge on any atom is -0.453 e. The highest BCUT2D eigenvalue weighted by atomic mass is 32.2. The summed E-state index contributed by atoms with van der Waals surface area (Å²) in [5.41, 5.74) is 1.78. The fourth-order valence-electron chi connectivity index (χ4n) is 3.92. The zero-order valence-electron chi connectivity index (χ0n) is 17.7. The van der Waals surface area contributed by atoms with Gasteiger partial charge in [-0.05, 0) is 49.3 Å². The number of methoxy groups -OCH3 is 1. The van der Waals surface area contributed by atoms with Crippen molar-refractivity contribution < 1.29 is 27.5 Å². The van der Waals surface area contributed by atoms with Crippen molar-refractivity contribution in [2.24, 2.45) is 5.92 Å². The molecule has 10 nitrogen and oxygen atoms in total. The lowest BCUT2D eigenvalue weighted by Crippen LogP contribution is -2.43. The molecule has 0 unspecified atom stereocenters. The van der Waals surface area contributed by atoms with Crippen LogP contribution in [0.5, 0.6) is 0 Å². The lowest BCUT2D eigenvalue weighted by molar-refractivity contribution is -0.136. The van der Waals surface area contributed by atoms with E-state index >= 15 is 0 Å². The number of carbonyl (C=O) groups excluding carboxylic acids is 3. The summed E-state index contributed by atoms with van der Waals surface area (Å²) < 4.78 is 30.1. The fourth-order valence-corrected chi connectivity index (χ4v) is 4.91. The molecule has 3 amide bonds. The second kappa shape index (κ2) is 9.54. The molecule has 170 valence electrons. The first-order chi connectivity index (χ1) is 14.7. The Kier molecular flexibility index (Phi) is 7.04. The third kappa shape index (κ3) is 5.66. The van der Waals surface area contributed by atoms with Crippen LogP contribution >= 0.6 is 0 Å². The SMILES string of the molecule is COC(=O)N1CCC(CNC(=O)C(=O)Nc2ccc3c(c2)N(S(C)(=O)=O)CCC3)CC1. The monoisotopic (exact) mass is 452 g/mol. The summed E-state index contributed by atoms with van der Waals surface area (Å²) in [6, 6.07) is 5.02. The summed E-state index contributed by atoms with van der Waals surface area (Å²) in [5.74, 6) is -1.40. The molecule has 31 heavy (non-hydrogen) atoms. The molecule has 11 heteroatoms. The molecule has 1 aromatic carbocycles. The summed E-state index contributed by atoms with van der Waals surface area (Å²) in [5, 5.41) is 5.17. The van der Waals surface area contributed by atoms with E-state index in [0.29, 0.717) is 50.4 Å². The van der Waals surface area contributed by atoms with Gasteiger partial charge >= 0.3 is 17.9 Å². The van der Waals surface area contributed by atoms with Gasteiger partial charge in [0.05, 0.1) is 19.1 Å². The van der Waals surface area contributed by atoms with Gasteiger partial charge in [0.15, 0.2) is 0 Å². The van der Waals surface area contributed by atoms with Gasteiger partial charge in [-0.25, -0.2) is 13.2 Å². The van der Waals surface area contributed by atoms with Crippen molar-refractivity contribution in [3.05, 3.63) is 23.8 Å². The lowest BCUT2D eigenvalue weighted by Gasteiger charge is -2.30. The Hall–Kier alpha value is -2.82. The highest BCUT2D eigenvalue weighted by molar-refractivity contribution is 7.92. The average molecular weight is 453 g/mol. The van der Waals surface area contributed by atoms with Gasteiger partial charge in [0.1, 0.15) is 0 Å². The van der Waals surface area contributed by atoms with Crippen molar-refractivity contribution in [3.63, 3.8) is 0 Å². The number of amides is 3. The fraction of sp³-hybridized carbons (Fsp3) is 0.550. The van der Waals surface area contributed by atoms with E-state index in [2.05, 4.69) is 10.6 Å². The number of sulfonamides is 1. The number of rotatable bonds is 4. The first-order valence-corrected chi connectivity index (χ1v) is 12.1. The minimum absolute atomic E-state index is 0.171. The van der Waals surface area contributed by atoms with Crippen LogP contribution in [0.2, 0.25) is 0 Å². The molecular weight excluding hydrogens is 424 g/mol. The largest absolute Gasteiger partial charge is 0.453 e. The van der Waals surface area contributed by atoms with Crippen molar-refractivity contribution in [1.29, 1.82) is 0 Å². The van der Waals surface area contributed by atoms with E-state index < -0.39 is 21.8 Å². The predicted octanol–water partition coefficient (Wildman–Crippen LogP) is 0.932. The van der Waals surface area contributed by atoms with Crippen LogP contribution in [0.1, 0.15) is 24.8 Å². The van der Waals surface area contributed by atoms with Crippen molar-refractivity contribution in [2.75, 3.05) is 49.2 Å². The van der Waals surface area contributed by atoms with Gasteiger partial charge in [0.25, 0.3) is 0 Å². The number of hydrogen-bond donors (Lipinski definition) is 2. The van der Waals surface area contributed by atoms with Crippen LogP contribution in [0.25, 0.3) is 0 Å². The molecule has 0 radical (unpaired) electrons. The smallest absolute Gasteiger partial charge is 0.409 e. The number of nitrogens with zero attached hydrogens (tertiary/aromatic N) is 2. The Morgan fingerprint density at radius 3 is 2.48 bits per heavy atom. The van der Waals surface area contributed by atoms with E-state index in [0.717, 1.165) is 24.7 Å². The van der Waals surface area contributed by atoms with Gasteiger partial charge in [-0.2, -0.15) is 0 Å². The third-order valence-electron chi connectivity index (χ3n) is 5.62. The summed E-state index contributed by atoms with van der Waals surface area (Å²) in [4.78, 5) is 37.6. The molecule has 0 bridgehead atoms. The number of nitrogens with one attached hydrogen (secondary N) is 2. The van der Waals surface area contributed by atoms with Crippen molar-refractivity contribution in [3.8, 4) is 0 Å². The Bertz CT molecular complexity index is 956. The van der Waals surface area contributed by atoms with Gasteiger partial charge in [-0.1, -0.05) is 6.07 Å². The standard InChI is InChI=1S/C20H28N4O6S/c1-30-20(27)23-10-7-14(8-11-23)13-21-18(25)19(26)22-16-6-5-15-4-3-9-24(17(15)12-16)31(2,28)29/h5-6,12,14H,3-4,7-11,13H2,1-2H3,(H,21,25)(H,22,26). The van der Waals surface area contributed by atoms with Gasteiger partial charge in [-0.3, -0.25) is 13.9 Å².